The fourth-order valence-electron chi connectivity index (χ4n) is 2.39. The second-order valence-corrected chi connectivity index (χ2v) is 6.04. The Bertz CT molecular complexity index is 579. The van der Waals surface area contributed by atoms with Gasteiger partial charge in [-0.05, 0) is 30.9 Å². The maximum absolute atomic E-state index is 5.95. The summed E-state index contributed by atoms with van der Waals surface area (Å²) in [5.41, 5.74) is 2.08. The van der Waals surface area contributed by atoms with E-state index < -0.39 is 0 Å². The van der Waals surface area contributed by atoms with Crippen molar-refractivity contribution >= 4 is 16.5 Å². The fraction of sp³-hybridized carbons (Fsp3) is 0.438. The Balaban J connectivity index is 1.65. The summed E-state index contributed by atoms with van der Waals surface area (Å²) in [6.45, 7) is 2.49. The van der Waals surface area contributed by atoms with Gasteiger partial charge in [0, 0.05) is 31.2 Å². The number of thiazole rings is 1. The van der Waals surface area contributed by atoms with Crippen molar-refractivity contribution in [3.63, 3.8) is 0 Å². The number of hydrogen-bond donors (Lipinski definition) is 1. The van der Waals surface area contributed by atoms with Crippen molar-refractivity contribution in [1.82, 2.24) is 4.98 Å². The summed E-state index contributed by atoms with van der Waals surface area (Å²) in [6, 6.07) is 8.16. The summed E-state index contributed by atoms with van der Waals surface area (Å²) in [4.78, 5) is 4.53. The molecule has 0 unspecified atom stereocenters. The number of ether oxygens (including phenoxy) is 2. The van der Waals surface area contributed by atoms with Crippen LogP contribution in [0.5, 0.6) is 5.75 Å². The molecule has 0 atom stereocenters. The summed E-state index contributed by atoms with van der Waals surface area (Å²) in [6.07, 6.45) is 2.19. The Labute approximate surface area is 129 Å². The third kappa shape index (κ3) is 3.74. The maximum Gasteiger partial charge on any atom is 0.182 e. The van der Waals surface area contributed by atoms with Crippen LogP contribution < -0.4 is 10.1 Å². The van der Waals surface area contributed by atoms with Crippen molar-refractivity contribution in [3.05, 3.63) is 29.6 Å². The summed E-state index contributed by atoms with van der Waals surface area (Å²) >= 11 is 1.61. The first-order valence-electron chi connectivity index (χ1n) is 7.29. The number of benzene rings is 1. The molecule has 0 spiro atoms. The van der Waals surface area contributed by atoms with Crippen LogP contribution in [0.3, 0.4) is 0 Å². The quantitative estimate of drug-likeness (QED) is 0.915. The van der Waals surface area contributed by atoms with E-state index in [1.807, 2.05) is 19.2 Å². The predicted molar refractivity (Wildman–Crippen MR) is 86.1 cm³/mol. The number of rotatable bonds is 5. The van der Waals surface area contributed by atoms with Crippen LogP contribution in [0.25, 0.3) is 11.3 Å². The van der Waals surface area contributed by atoms with Crippen LogP contribution in [0.4, 0.5) is 5.13 Å². The zero-order valence-corrected chi connectivity index (χ0v) is 13.0. The Hall–Kier alpha value is -1.59. The Kier molecular flexibility index (Phi) is 4.72. The molecule has 0 amide bonds. The van der Waals surface area contributed by atoms with Crippen LogP contribution in [0.15, 0.2) is 29.6 Å². The highest BCUT2D eigenvalue weighted by atomic mass is 32.1. The minimum atomic E-state index is 0.609. The molecule has 0 saturated carbocycles. The fourth-order valence-corrected chi connectivity index (χ4v) is 3.07. The molecule has 21 heavy (non-hydrogen) atoms. The van der Waals surface area contributed by atoms with Crippen LogP contribution in [0.2, 0.25) is 0 Å². The zero-order chi connectivity index (χ0) is 14.5. The molecule has 3 rings (SSSR count). The van der Waals surface area contributed by atoms with E-state index in [0.717, 1.165) is 54.8 Å². The molecular weight excluding hydrogens is 284 g/mol. The highest BCUT2D eigenvalue weighted by Crippen LogP contribution is 2.27. The molecular formula is C16H20N2O2S. The van der Waals surface area contributed by atoms with E-state index in [9.17, 15) is 0 Å². The van der Waals surface area contributed by atoms with Gasteiger partial charge in [-0.3, -0.25) is 0 Å². The Morgan fingerprint density at radius 2 is 2.24 bits per heavy atom. The monoisotopic (exact) mass is 304 g/mol. The number of aromatic nitrogens is 1. The first kappa shape index (κ1) is 14.4. The molecule has 1 aromatic heterocycles. The lowest BCUT2D eigenvalue weighted by Gasteiger charge is -2.22. The molecule has 0 bridgehead atoms. The molecule has 5 heteroatoms. The van der Waals surface area contributed by atoms with Crippen LogP contribution in [0, 0.1) is 5.92 Å². The van der Waals surface area contributed by atoms with E-state index in [2.05, 4.69) is 27.8 Å². The van der Waals surface area contributed by atoms with Crippen molar-refractivity contribution in [1.29, 1.82) is 0 Å². The van der Waals surface area contributed by atoms with E-state index in [0.29, 0.717) is 5.92 Å². The number of nitrogens with one attached hydrogen (secondary N) is 1. The normalized spacial score (nSPS) is 15.9. The third-order valence-corrected chi connectivity index (χ3v) is 4.53. The van der Waals surface area contributed by atoms with Gasteiger partial charge in [-0.2, -0.15) is 0 Å². The lowest BCUT2D eigenvalue weighted by atomic mass is 10.0. The predicted octanol–water partition coefficient (Wildman–Crippen LogP) is 3.66. The van der Waals surface area contributed by atoms with E-state index >= 15 is 0 Å². The van der Waals surface area contributed by atoms with Gasteiger partial charge in [-0.25, -0.2) is 4.98 Å². The molecule has 0 aliphatic carbocycles. The molecule has 2 heterocycles. The molecule has 1 aliphatic heterocycles. The Morgan fingerprint density at radius 3 is 3.00 bits per heavy atom. The molecule has 1 N–H and O–H groups in total. The molecule has 1 fully saturated rings. The lowest BCUT2D eigenvalue weighted by Crippen LogP contribution is -2.21. The minimum absolute atomic E-state index is 0.609. The molecule has 2 aromatic rings. The van der Waals surface area contributed by atoms with E-state index in [4.69, 9.17) is 9.47 Å². The minimum Gasteiger partial charge on any atom is -0.493 e. The van der Waals surface area contributed by atoms with E-state index in [1.165, 1.54) is 0 Å². The topological polar surface area (TPSA) is 43.4 Å². The maximum atomic E-state index is 5.95. The van der Waals surface area contributed by atoms with Crippen LogP contribution in [-0.2, 0) is 4.74 Å². The van der Waals surface area contributed by atoms with Gasteiger partial charge < -0.3 is 14.8 Å². The van der Waals surface area contributed by atoms with Gasteiger partial charge in [0.25, 0.3) is 0 Å². The zero-order valence-electron chi connectivity index (χ0n) is 12.2. The number of anilines is 1. The first-order chi connectivity index (χ1) is 10.3. The summed E-state index contributed by atoms with van der Waals surface area (Å²) < 4.78 is 11.3. The van der Waals surface area contributed by atoms with Crippen molar-refractivity contribution in [2.45, 2.75) is 12.8 Å². The van der Waals surface area contributed by atoms with Crippen molar-refractivity contribution in [3.8, 4) is 17.0 Å². The molecule has 112 valence electrons. The lowest BCUT2D eigenvalue weighted by molar-refractivity contribution is 0.0497. The second kappa shape index (κ2) is 6.91. The number of hydrogen-bond acceptors (Lipinski definition) is 5. The van der Waals surface area contributed by atoms with Gasteiger partial charge >= 0.3 is 0 Å². The standard InChI is InChI=1S/C16H20N2O2S/c1-17-16-18-15(11-21-16)13-3-2-4-14(9-13)20-10-12-5-7-19-8-6-12/h2-4,9,11-12H,5-8,10H2,1H3,(H,17,18). The van der Waals surface area contributed by atoms with Gasteiger partial charge in [0.2, 0.25) is 0 Å². The van der Waals surface area contributed by atoms with E-state index in [-0.39, 0.29) is 0 Å². The second-order valence-electron chi connectivity index (χ2n) is 5.18. The number of nitrogens with zero attached hydrogens (tertiary/aromatic N) is 1. The average molecular weight is 304 g/mol. The molecule has 4 nitrogen and oxygen atoms in total. The van der Waals surface area contributed by atoms with Crippen molar-refractivity contribution < 1.29 is 9.47 Å². The molecule has 1 aromatic carbocycles. The van der Waals surface area contributed by atoms with Crippen LogP contribution in [0.1, 0.15) is 12.8 Å². The van der Waals surface area contributed by atoms with Gasteiger partial charge in [0.15, 0.2) is 5.13 Å². The molecule has 1 aliphatic rings. The smallest absolute Gasteiger partial charge is 0.182 e. The van der Waals surface area contributed by atoms with Crippen molar-refractivity contribution in [2.75, 3.05) is 32.2 Å². The van der Waals surface area contributed by atoms with Crippen LogP contribution >= 0.6 is 11.3 Å². The summed E-state index contributed by atoms with van der Waals surface area (Å²) in [5.74, 6) is 1.52. The highest BCUT2D eigenvalue weighted by Gasteiger charge is 2.14. The SMILES string of the molecule is CNc1nc(-c2cccc(OCC3CCOCC3)c2)cs1. The van der Waals surface area contributed by atoms with Gasteiger partial charge in [0.05, 0.1) is 12.3 Å². The van der Waals surface area contributed by atoms with Gasteiger partial charge in [0.1, 0.15) is 5.75 Å². The Morgan fingerprint density at radius 1 is 1.38 bits per heavy atom. The molecule has 1 saturated heterocycles. The largest absolute Gasteiger partial charge is 0.493 e. The van der Waals surface area contributed by atoms with Crippen LogP contribution in [-0.4, -0.2) is 31.9 Å². The van der Waals surface area contributed by atoms with E-state index in [1.54, 1.807) is 11.3 Å². The summed E-state index contributed by atoms with van der Waals surface area (Å²) in [5, 5.41) is 6.05. The average Bonchev–Trinajstić information content (AvgIpc) is 3.03. The third-order valence-electron chi connectivity index (χ3n) is 3.67. The molecule has 0 radical (unpaired) electrons. The van der Waals surface area contributed by atoms with Gasteiger partial charge in [-0.15, -0.1) is 11.3 Å². The highest BCUT2D eigenvalue weighted by molar-refractivity contribution is 7.14. The first-order valence-corrected chi connectivity index (χ1v) is 8.17. The van der Waals surface area contributed by atoms with Crippen molar-refractivity contribution in [2.24, 2.45) is 5.92 Å². The summed E-state index contributed by atoms with van der Waals surface area (Å²) in [7, 11) is 1.88. The van der Waals surface area contributed by atoms with Gasteiger partial charge in [-0.1, -0.05) is 12.1 Å².